The van der Waals surface area contributed by atoms with Crippen LogP contribution in [-0.4, -0.2) is 31.6 Å². The summed E-state index contributed by atoms with van der Waals surface area (Å²) in [7, 11) is 0. The minimum atomic E-state index is 0.0419. The number of nitrogens with one attached hydrogen (secondary N) is 2. The Morgan fingerprint density at radius 3 is 3.10 bits per heavy atom. The summed E-state index contributed by atoms with van der Waals surface area (Å²) in [5.41, 5.74) is 3.40. The Morgan fingerprint density at radius 1 is 1.45 bits per heavy atom. The van der Waals surface area contributed by atoms with Gasteiger partial charge in [-0.15, -0.1) is 0 Å². The van der Waals surface area contributed by atoms with E-state index in [-0.39, 0.29) is 12.0 Å². The Hall–Kier alpha value is -1.55. The molecular weight excluding hydrogens is 252 g/mol. The Bertz CT molecular complexity index is 517. The number of allylic oxidation sites excluding steroid dienone is 2. The topological polar surface area (TPSA) is 50.4 Å². The van der Waals surface area contributed by atoms with Crippen molar-refractivity contribution in [2.75, 3.05) is 19.6 Å². The molecule has 2 heterocycles. The summed E-state index contributed by atoms with van der Waals surface area (Å²) in [6.07, 6.45) is 5.97. The molecule has 3 aliphatic rings. The number of ether oxygens (including phenoxy) is 1. The molecule has 108 valence electrons. The second-order valence-electron chi connectivity index (χ2n) is 5.75. The van der Waals surface area contributed by atoms with Crippen LogP contribution >= 0.6 is 0 Å². The lowest BCUT2D eigenvalue weighted by atomic mass is 9.89. The van der Waals surface area contributed by atoms with Gasteiger partial charge in [0.2, 0.25) is 0 Å². The largest absolute Gasteiger partial charge is 0.491 e. The van der Waals surface area contributed by atoms with Crippen molar-refractivity contribution in [1.29, 1.82) is 0 Å². The molecule has 1 aliphatic carbocycles. The highest BCUT2D eigenvalue weighted by atomic mass is 16.5. The average molecular weight is 274 g/mol. The third-order valence-electron chi connectivity index (χ3n) is 4.37. The second kappa shape index (κ2) is 5.44. The van der Waals surface area contributed by atoms with Crippen molar-refractivity contribution in [2.45, 2.75) is 32.8 Å². The number of hydrogen-bond donors (Lipinski definition) is 2. The van der Waals surface area contributed by atoms with Crippen LogP contribution in [0.2, 0.25) is 0 Å². The fourth-order valence-electron chi connectivity index (χ4n) is 3.01. The average Bonchev–Trinajstić information content (AvgIpc) is 2.88. The summed E-state index contributed by atoms with van der Waals surface area (Å²) in [4.78, 5) is 12.3. The summed E-state index contributed by atoms with van der Waals surface area (Å²) in [5, 5.41) is 6.44. The smallest absolute Gasteiger partial charge is 0.251 e. The van der Waals surface area contributed by atoms with Crippen molar-refractivity contribution >= 4 is 5.91 Å². The van der Waals surface area contributed by atoms with Crippen molar-refractivity contribution in [3.05, 3.63) is 34.6 Å². The van der Waals surface area contributed by atoms with Gasteiger partial charge in [-0.1, -0.05) is 6.92 Å². The fourth-order valence-corrected chi connectivity index (χ4v) is 3.01. The highest BCUT2D eigenvalue weighted by Gasteiger charge is 2.32. The number of carbonyl (C=O) groups excluding carboxylic acids is 1. The van der Waals surface area contributed by atoms with E-state index in [0.29, 0.717) is 5.92 Å². The molecule has 0 aromatic rings. The molecule has 1 amide bonds. The lowest BCUT2D eigenvalue weighted by Crippen LogP contribution is -2.29. The quantitative estimate of drug-likeness (QED) is 0.823. The molecule has 0 radical (unpaired) electrons. The molecule has 0 aromatic heterocycles. The first kappa shape index (κ1) is 13.4. The third kappa shape index (κ3) is 2.40. The van der Waals surface area contributed by atoms with Crippen LogP contribution in [0.5, 0.6) is 0 Å². The molecule has 0 saturated carbocycles. The molecule has 4 heteroatoms. The van der Waals surface area contributed by atoms with Crippen molar-refractivity contribution < 1.29 is 9.53 Å². The second-order valence-corrected chi connectivity index (χ2v) is 5.75. The van der Waals surface area contributed by atoms with E-state index in [1.54, 1.807) is 0 Å². The van der Waals surface area contributed by atoms with Gasteiger partial charge in [0, 0.05) is 31.1 Å². The van der Waals surface area contributed by atoms with E-state index >= 15 is 0 Å². The van der Waals surface area contributed by atoms with E-state index in [9.17, 15) is 4.79 Å². The zero-order chi connectivity index (χ0) is 14.1. The van der Waals surface area contributed by atoms with Crippen LogP contribution in [0.4, 0.5) is 0 Å². The summed E-state index contributed by atoms with van der Waals surface area (Å²) in [5.74, 6) is 1.32. The number of fused-ring (bicyclic) bond motifs is 2. The summed E-state index contributed by atoms with van der Waals surface area (Å²) < 4.78 is 5.86. The Labute approximate surface area is 120 Å². The third-order valence-corrected chi connectivity index (χ3v) is 4.37. The number of amides is 1. The van der Waals surface area contributed by atoms with E-state index in [2.05, 4.69) is 30.6 Å². The highest BCUT2D eigenvalue weighted by Crippen LogP contribution is 2.33. The van der Waals surface area contributed by atoms with Crippen LogP contribution in [-0.2, 0) is 9.53 Å². The summed E-state index contributed by atoms with van der Waals surface area (Å²) in [6, 6.07) is 0. The minimum Gasteiger partial charge on any atom is -0.491 e. The van der Waals surface area contributed by atoms with E-state index < -0.39 is 0 Å². The highest BCUT2D eigenvalue weighted by molar-refractivity contribution is 5.99. The van der Waals surface area contributed by atoms with E-state index in [1.165, 1.54) is 11.1 Å². The van der Waals surface area contributed by atoms with Gasteiger partial charge in [-0.3, -0.25) is 4.79 Å². The molecule has 0 spiro atoms. The Morgan fingerprint density at radius 2 is 2.30 bits per heavy atom. The molecule has 0 bridgehead atoms. The first-order valence-corrected chi connectivity index (χ1v) is 7.48. The predicted octanol–water partition coefficient (Wildman–Crippen LogP) is 1.66. The maximum absolute atomic E-state index is 12.3. The molecule has 1 saturated heterocycles. The standard InChI is InChI=1S/C16H22N2O2/c1-3-10(2)20-12-4-5-13-14(6-12)16(19)18-8-11-7-17-9-15(11)13/h4,6,10-11,17H,3,5,7-9H2,1-2H3,(H,18,19). The van der Waals surface area contributed by atoms with Gasteiger partial charge < -0.3 is 15.4 Å². The van der Waals surface area contributed by atoms with Crippen LogP contribution in [0.3, 0.4) is 0 Å². The van der Waals surface area contributed by atoms with Crippen molar-refractivity contribution in [3.63, 3.8) is 0 Å². The monoisotopic (exact) mass is 274 g/mol. The molecule has 4 nitrogen and oxygen atoms in total. The Kier molecular flexibility index (Phi) is 3.66. The van der Waals surface area contributed by atoms with Gasteiger partial charge in [0.1, 0.15) is 5.76 Å². The van der Waals surface area contributed by atoms with E-state index in [1.807, 2.05) is 6.08 Å². The molecule has 2 aliphatic heterocycles. The van der Waals surface area contributed by atoms with Gasteiger partial charge >= 0.3 is 0 Å². The van der Waals surface area contributed by atoms with Gasteiger partial charge in [0.15, 0.2) is 0 Å². The molecule has 3 rings (SSSR count). The maximum Gasteiger partial charge on any atom is 0.251 e. The van der Waals surface area contributed by atoms with Crippen LogP contribution in [0.15, 0.2) is 34.6 Å². The number of carbonyl (C=O) groups is 1. The van der Waals surface area contributed by atoms with Gasteiger partial charge in [-0.05, 0) is 43.1 Å². The molecule has 2 atom stereocenters. The first-order valence-electron chi connectivity index (χ1n) is 7.48. The first-order chi connectivity index (χ1) is 9.69. The normalized spacial score (nSPS) is 26.9. The molecule has 2 unspecified atom stereocenters. The number of rotatable bonds is 3. The summed E-state index contributed by atoms with van der Waals surface area (Å²) >= 11 is 0. The lowest BCUT2D eigenvalue weighted by Gasteiger charge is -2.20. The van der Waals surface area contributed by atoms with Crippen LogP contribution < -0.4 is 10.6 Å². The number of hydrogen-bond acceptors (Lipinski definition) is 3. The van der Waals surface area contributed by atoms with Gasteiger partial charge in [0.25, 0.3) is 5.91 Å². The zero-order valence-electron chi connectivity index (χ0n) is 12.2. The molecule has 20 heavy (non-hydrogen) atoms. The molecule has 0 aromatic carbocycles. The van der Waals surface area contributed by atoms with E-state index in [0.717, 1.165) is 43.8 Å². The van der Waals surface area contributed by atoms with Crippen LogP contribution in [0.1, 0.15) is 26.7 Å². The molecule has 1 fully saturated rings. The maximum atomic E-state index is 12.3. The fraction of sp³-hybridized carbons (Fsp3) is 0.562. The van der Waals surface area contributed by atoms with Crippen molar-refractivity contribution in [2.24, 2.45) is 5.92 Å². The van der Waals surface area contributed by atoms with Crippen LogP contribution in [0, 0.1) is 5.92 Å². The van der Waals surface area contributed by atoms with E-state index in [4.69, 9.17) is 4.74 Å². The predicted molar refractivity (Wildman–Crippen MR) is 78.0 cm³/mol. The Balaban J connectivity index is 1.91. The van der Waals surface area contributed by atoms with Crippen molar-refractivity contribution in [3.8, 4) is 0 Å². The molecular formula is C16H22N2O2. The van der Waals surface area contributed by atoms with Gasteiger partial charge in [-0.25, -0.2) is 0 Å². The van der Waals surface area contributed by atoms with Crippen molar-refractivity contribution in [1.82, 2.24) is 10.6 Å². The van der Waals surface area contributed by atoms with Gasteiger partial charge in [0.05, 0.1) is 6.10 Å². The lowest BCUT2D eigenvalue weighted by molar-refractivity contribution is -0.117. The minimum absolute atomic E-state index is 0.0419. The molecule has 2 N–H and O–H groups in total. The van der Waals surface area contributed by atoms with Gasteiger partial charge in [-0.2, -0.15) is 0 Å². The van der Waals surface area contributed by atoms with Crippen LogP contribution in [0.25, 0.3) is 0 Å². The SMILES string of the molecule is CCC(C)OC1=CCC2=C3CNCC3CNC(=O)C2=C1. The zero-order valence-corrected chi connectivity index (χ0v) is 12.2. The summed E-state index contributed by atoms with van der Waals surface area (Å²) in [6.45, 7) is 6.76.